The first kappa shape index (κ1) is 16.5. The van der Waals surface area contributed by atoms with Crippen molar-refractivity contribution in [3.63, 3.8) is 0 Å². The van der Waals surface area contributed by atoms with Gasteiger partial charge in [0.1, 0.15) is 5.75 Å². The highest BCUT2D eigenvalue weighted by Crippen LogP contribution is 2.19. The highest BCUT2D eigenvalue weighted by Gasteiger charge is 2.11. The third-order valence-electron chi connectivity index (χ3n) is 3.58. The Morgan fingerprint density at radius 2 is 1.91 bits per heavy atom. The molecule has 0 heterocycles. The van der Waals surface area contributed by atoms with E-state index in [2.05, 4.69) is 48.3 Å². The van der Waals surface area contributed by atoms with Crippen LogP contribution in [0.1, 0.15) is 11.1 Å². The van der Waals surface area contributed by atoms with E-state index in [4.69, 9.17) is 11.6 Å². The van der Waals surface area contributed by atoms with Crippen LogP contribution in [0.2, 0.25) is 5.02 Å². The number of aromatic hydroxyl groups is 1. The lowest BCUT2D eigenvalue weighted by Gasteiger charge is -2.22. The summed E-state index contributed by atoms with van der Waals surface area (Å²) in [6.45, 7) is 0.661. The zero-order valence-electron chi connectivity index (χ0n) is 12.9. The van der Waals surface area contributed by atoms with Gasteiger partial charge in [-0.25, -0.2) is 0 Å². The number of benzene rings is 2. The Bertz CT molecular complexity index is 626. The van der Waals surface area contributed by atoms with Crippen LogP contribution in [0, 0.1) is 0 Å². The van der Waals surface area contributed by atoms with Crippen molar-refractivity contribution in [1.29, 1.82) is 0 Å². The number of phenols is 1. The minimum absolute atomic E-state index is 0.192. The summed E-state index contributed by atoms with van der Waals surface area (Å²) in [4.78, 5) is 6.64. The molecule has 0 fully saturated rings. The van der Waals surface area contributed by atoms with Crippen LogP contribution in [0.15, 0.2) is 53.5 Å². The zero-order valence-corrected chi connectivity index (χ0v) is 13.7. The van der Waals surface area contributed by atoms with Crippen LogP contribution in [0.3, 0.4) is 0 Å². The van der Waals surface area contributed by atoms with Crippen molar-refractivity contribution in [2.24, 2.45) is 4.99 Å². The van der Waals surface area contributed by atoms with E-state index >= 15 is 0 Å². The van der Waals surface area contributed by atoms with E-state index in [1.165, 1.54) is 5.56 Å². The van der Waals surface area contributed by atoms with Crippen molar-refractivity contribution >= 4 is 17.8 Å². The number of halogens is 1. The normalized spacial score (nSPS) is 12.9. The predicted octanol–water partition coefficient (Wildman–Crippen LogP) is 3.64. The standard InChI is InChI=1S/C18H21ClN2O/c1-21(2)17(10-14-6-4-3-5-7-14)13-20-12-15-11-16(19)8-9-18(15)22/h3-9,11-12,17,22H,10,13H2,1-2H3/t17-/m1/s1. The van der Waals surface area contributed by atoms with E-state index in [0.29, 0.717) is 23.2 Å². The summed E-state index contributed by atoms with van der Waals surface area (Å²) in [5.74, 6) is 0.192. The molecule has 0 aliphatic carbocycles. The van der Waals surface area contributed by atoms with E-state index in [1.807, 2.05) is 6.07 Å². The molecule has 0 aliphatic heterocycles. The van der Waals surface area contributed by atoms with Crippen LogP contribution in [-0.4, -0.2) is 42.9 Å². The Hall–Kier alpha value is -1.84. The number of hydrogen-bond donors (Lipinski definition) is 1. The van der Waals surface area contributed by atoms with Crippen molar-refractivity contribution < 1.29 is 5.11 Å². The molecule has 1 atom stereocenters. The number of hydrogen-bond acceptors (Lipinski definition) is 3. The Kier molecular flexibility index (Phi) is 5.99. The number of rotatable bonds is 6. The van der Waals surface area contributed by atoms with Gasteiger partial charge in [0.05, 0.1) is 6.54 Å². The molecule has 1 N–H and O–H groups in total. The maximum atomic E-state index is 9.78. The molecule has 0 spiro atoms. The summed E-state index contributed by atoms with van der Waals surface area (Å²) in [5.41, 5.74) is 1.94. The van der Waals surface area contributed by atoms with Crippen LogP contribution in [-0.2, 0) is 6.42 Å². The Morgan fingerprint density at radius 3 is 2.59 bits per heavy atom. The summed E-state index contributed by atoms with van der Waals surface area (Å²) >= 11 is 5.94. The van der Waals surface area contributed by atoms with Gasteiger partial charge in [-0.1, -0.05) is 41.9 Å². The summed E-state index contributed by atoms with van der Waals surface area (Å²) in [7, 11) is 4.11. The van der Waals surface area contributed by atoms with Gasteiger partial charge in [-0.15, -0.1) is 0 Å². The molecule has 0 radical (unpaired) electrons. The third kappa shape index (κ3) is 4.86. The average molecular weight is 317 g/mol. The summed E-state index contributed by atoms with van der Waals surface area (Å²) in [5, 5.41) is 10.4. The fourth-order valence-corrected chi connectivity index (χ4v) is 2.38. The average Bonchev–Trinajstić information content (AvgIpc) is 2.50. The Morgan fingerprint density at radius 1 is 1.18 bits per heavy atom. The van der Waals surface area contributed by atoms with Gasteiger partial charge in [0.25, 0.3) is 0 Å². The van der Waals surface area contributed by atoms with E-state index in [9.17, 15) is 5.11 Å². The summed E-state index contributed by atoms with van der Waals surface area (Å²) < 4.78 is 0. The molecule has 2 aromatic rings. The van der Waals surface area contributed by atoms with Gasteiger partial charge in [0, 0.05) is 22.8 Å². The highest BCUT2D eigenvalue weighted by atomic mass is 35.5. The second-order valence-corrected chi connectivity index (χ2v) is 5.94. The molecule has 2 aromatic carbocycles. The lowest BCUT2D eigenvalue weighted by molar-refractivity contribution is 0.298. The fraction of sp³-hybridized carbons (Fsp3) is 0.278. The first-order valence-corrected chi connectivity index (χ1v) is 7.63. The first-order valence-electron chi connectivity index (χ1n) is 7.25. The molecule has 0 aromatic heterocycles. The quantitative estimate of drug-likeness (QED) is 0.826. The zero-order chi connectivity index (χ0) is 15.9. The second-order valence-electron chi connectivity index (χ2n) is 5.50. The molecular weight excluding hydrogens is 296 g/mol. The predicted molar refractivity (Wildman–Crippen MR) is 93.2 cm³/mol. The summed E-state index contributed by atoms with van der Waals surface area (Å²) in [6.07, 6.45) is 2.62. The van der Waals surface area contributed by atoms with E-state index < -0.39 is 0 Å². The van der Waals surface area contributed by atoms with Crippen molar-refractivity contribution in [2.45, 2.75) is 12.5 Å². The SMILES string of the molecule is CN(C)[C@@H](CN=Cc1cc(Cl)ccc1O)Cc1ccccc1. The van der Waals surface area contributed by atoms with Gasteiger partial charge in [-0.2, -0.15) is 0 Å². The number of likely N-dealkylation sites (N-methyl/N-ethyl adjacent to an activating group) is 1. The molecule has 0 aliphatic rings. The number of phenolic OH excluding ortho intramolecular Hbond substituents is 1. The van der Waals surface area contributed by atoms with Crippen LogP contribution in [0.5, 0.6) is 5.75 Å². The molecule has 116 valence electrons. The van der Waals surface area contributed by atoms with Gasteiger partial charge in [0.15, 0.2) is 0 Å². The Labute approximate surface area is 136 Å². The highest BCUT2D eigenvalue weighted by molar-refractivity contribution is 6.30. The maximum absolute atomic E-state index is 9.78. The summed E-state index contributed by atoms with van der Waals surface area (Å²) in [6, 6.07) is 15.6. The van der Waals surface area contributed by atoms with Crippen LogP contribution >= 0.6 is 11.6 Å². The van der Waals surface area contributed by atoms with Crippen molar-refractivity contribution in [3.05, 3.63) is 64.7 Å². The fourth-order valence-electron chi connectivity index (χ4n) is 2.20. The monoisotopic (exact) mass is 316 g/mol. The molecule has 0 amide bonds. The van der Waals surface area contributed by atoms with Gasteiger partial charge in [-0.05, 0) is 44.3 Å². The lowest BCUT2D eigenvalue weighted by atomic mass is 10.1. The second kappa shape index (κ2) is 7.97. The van der Waals surface area contributed by atoms with Crippen LogP contribution in [0.25, 0.3) is 0 Å². The van der Waals surface area contributed by atoms with Gasteiger partial charge < -0.3 is 10.0 Å². The third-order valence-corrected chi connectivity index (χ3v) is 3.82. The molecule has 22 heavy (non-hydrogen) atoms. The van der Waals surface area contributed by atoms with Crippen molar-refractivity contribution in [1.82, 2.24) is 4.90 Å². The molecule has 2 rings (SSSR count). The first-order chi connectivity index (χ1) is 10.6. The molecule has 0 saturated carbocycles. The van der Waals surface area contributed by atoms with Gasteiger partial charge in [0.2, 0.25) is 0 Å². The minimum atomic E-state index is 0.192. The minimum Gasteiger partial charge on any atom is -0.507 e. The molecule has 0 bridgehead atoms. The molecule has 0 saturated heterocycles. The van der Waals surface area contributed by atoms with Crippen molar-refractivity contribution in [2.75, 3.05) is 20.6 Å². The molecule has 4 heteroatoms. The smallest absolute Gasteiger partial charge is 0.124 e. The topological polar surface area (TPSA) is 35.8 Å². The van der Waals surface area contributed by atoms with E-state index in [0.717, 1.165) is 6.42 Å². The Balaban J connectivity index is 2.02. The van der Waals surface area contributed by atoms with Crippen molar-refractivity contribution in [3.8, 4) is 5.75 Å². The number of aliphatic imine (C=N–C) groups is 1. The largest absolute Gasteiger partial charge is 0.507 e. The molecular formula is C18H21ClN2O. The van der Waals surface area contributed by atoms with Gasteiger partial charge in [-0.3, -0.25) is 4.99 Å². The van der Waals surface area contributed by atoms with E-state index in [-0.39, 0.29) is 5.75 Å². The lowest BCUT2D eigenvalue weighted by Crippen LogP contribution is -2.32. The van der Waals surface area contributed by atoms with Crippen LogP contribution in [0.4, 0.5) is 0 Å². The molecule has 3 nitrogen and oxygen atoms in total. The van der Waals surface area contributed by atoms with E-state index in [1.54, 1.807) is 24.4 Å². The van der Waals surface area contributed by atoms with Gasteiger partial charge >= 0.3 is 0 Å². The molecule has 0 unspecified atom stereocenters. The maximum Gasteiger partial charge on any atom is 0.124 e. The van der Waals surface area contributed by atoms with Crippen LogP contribution < -0.4 is 0 Å². The number of nitrogens with zero attached hydrogens (tertiary/aromatic N) is 2.